The van der Waals surface area contributed by atoms with E-state index in [2.05, 4.69) is 49.3 Å². The molecule has 2 aromatic heterocycles. The minimum Gasteiger partial charge on any atom is -0.470 e. The summed E-state index contributed by atoms with van der Waals surface area (Å²) in [7, 11) is 0. The van der Waals surface area contributed by atoms with E-state index in [1.807, 2.05) is 37.4 Å². The van der Waals surface area contributed by atoms with Crippen molar-refractivity contribution in [1.29, 1.82) is 0 Å². The Kier molecular flexibility index (Phi) is 7.37. The van der Waals surface area contributed by atoms with Crippen LogP contribution in [0.2, 0.25) is 0 Å². The largest absolute Gasteiger partial charge is 0.470 e. The van der Waals surface area contributed by atoms with Crippen LogP contribution in [0.4, 0.5) is 5.82 Å². The number of fused-ring (bicyclic) bond motifs is 1. The van der Waals surface area contributed by atoms with E-state index in [9.17, 15) is 0 Å². The minimum atomic E-state index is 0.148. The highest BCUT2D eigenvalue weighted by Gasteiger charge is 2.30. The second kappa shape index (κ2) is 10.4. The minimum absolute atomic E-state index is 0.148. The average molecular weight is 485 g/mol. The summed E-state index contributed by atoms with van der Waals surface area (Å²) in [5, 5.41) is 13.1. The first-order valence-electron chi connectivity index (χ1n) is 10.8. The molecule has 4 heterocycles. The number of piperidine rings is 1. The highest BCUT2D eigenvalue weighted by atomic mass is 79.9. The van der Waals surface area contributed by atoms with Crippen LogP contribution in [0.3, 0.4) is 0 Å². The van der Waals surface area contributed by atoms with Gasteiger partial charge in [-0.05, 0) is 84.5 Å². The molecule has 0 spiro atoms. The second-order valence-electron chi connectivity index (χ2n) is 8.18. The summed E-state index contributed by atoms with van der Waals surface area (Å²) in [6.07, 6.45) is 4.27. The zero-order valence-corrected chi connectivity index (χ0v) is 19.4. The molecule has 0 aliphatic carbocycles. The standard InChI is InChI=1S/C18H16BrN3O.C6H13NO/c1-12-8-15(19)18(20-9-12)23-14-10-22(11-14)17-7-6-13-4-2-3-5-16(13)21-17;8-5-6-1-3-7-4-2-6/h2-9,14H,10-11H2,1H3;6-8H,1-5H2. The van der Waals surface area contributed by atoms with Gasteiger partial charge in [-0.3, -0.25) is 0 Å². The molecule has 0 radical (unpaired) electrons. The van der Waals surface area contributed by atoms with Crippen molar-refractivity contribution in [2.24, 2.45) is 5.92 Å². The van der Waals surface area contributed by atoms with Crippen molar-refractivity contribution in [3.05, 3.63) is 58.7 Å². The summed E-state index contributed by atoms with van der Waals surface area (Å²) in [5.74, 6) is 2.24. The molecule has 2 fully saturated rings. The number of aryl methyl sites for hydroxylation is 1. The highest BCUT2D eigenvalue weighted by molar-refractivity contribution is 9.10. The van der Waals surface area contributed by atoms with Crippen LogP contribution in [0, 0.1) is 12.8 Å². The van der Waals surface area contributed by atoms with E-state index in [1.165, 1.54) is 0 Å². The number of hydrogen-bond acceptors (Lipinski definition) is 6. The first-order valence-corrected chi connectivity index (χ1v) is 11.6. The first kappa shape index (κ1) is 22.0. The quantitative estimate of drug-likeness (QED) is 0.584. The van der Waals surface area contributed by atoms with Gasteiger partial charge in [0, 0.05) is 18.2 Å². The Balaban J connectivity index is 0.000000245. The number of nitrogens with zero attached hydrogens (tertiary/aromatic N) is 3. The molecule has 0 amide bonds. The molecule has 0 unspecified atom stereocenters. The number of nitrogens with one attached hydrogen (secondary N) is 1. The number of anilines is 1. The van der Waals surface area contributed by atoms with Gasteiger partial charge in [0.05, 0.1) is 23.1 Å². The van der Waals surface area contributed by atoms with Crippen LogP contribution < -0.4 is 15.0 Å². The van der Waals surface area contributed by atoms with Crippen LogP contribution >= 0.6 is 15.9 Å². The van der Waals surface area contributed by atoms with Gasteiger partial charge in [0.25, 0.3) is 0 Å². The number of aliphatic hydroxyl groups excluding tert-OH is 1. The van der Waals surface area contributed by atoms with Crippen molar-refractivity contribution in [3.8, 4) is 5.88 Å². The summed E-state index contributed by atoms with van der Waals surface area (Å²) in [5.41, 5.74) is 2.14. The molecule has 31 heavy (non-hydrogen) atoms. The van der Waals surface area contributed by atoms with E-state index < -0.39 is 0 Å². The Hall–Kier alpha value is -2.22. The van der Waals surface area contributed by atoms with Gasteiger partial charge in [0.2, 0.25) is 5.88 Å². The lowest BCUT2D eigenvalue weighted by molar-refractivity contribution is 0.159. The van der Waals surface area contributed by atoms with Gasteiger partial charge in [0.1, 0.15) is 11.9 Å². The molecule has 1 aromatic carbocycles. The second-order valence-corrected chi connectivity index (χ2v) is 9.04. The molecule has 0 saturated carbocycles. The average Bonchev–Trinajstić information content (AvgIpc) is 2.78. The molecule has 0 atom stereocenters. The molecule has 5 rings (SSSR count). The van der Waals surface area contributed by atoms with E-state index in [-0.39, 0.29) is 6.10 Å². The summed E-state index contributed by atoms with van der Waals surface area (Å²) >= 11 is 3.50. The van der Waals surface area contributed by atoms with Gasteiger partial charge in [-0.15, -0.1) is 0 Å². The van der Waals surface area contributed by atoms with Crippen LogP contribution in [0.15, 0.2) is 53.1 Å². The number of benzene rings is 1. The van der Waals surface area contributed by atoms with E-state index in [4.69, 9.17) is 14.8 Å². The Morgan fingerprint density at radius 1 is 1.16 bits per heavy atom. The van der Waals surface area contributed by atoms with Crippen LogP contribution in [0.25, 0.3) is 10.9 Å². The van der Waals surface area contributed by atoms with E-state index >= 15 is 0 Å². The molecular formula is C24H29BrN4O2. The molecule has 0 bridgehead atoms. The van der Waals surface area contributed by atoms with Gasteiger partial charge >= 0.3 is 0 Å². The molecule has 2 saturated heterocycles. The Morgan fingerprint density at radius 3 is 2.65 bits per heavy atom. The van der Waals surface area contributed by atoms with Crippen molar-refractivity contribution in [3.63, 3.8) is 0 Å². The highest BCUT2D eigenvalue weighted by Crippen LogP contribution is 2.28. The fourth-order valence-electron chi connectivity index (χ4n) is 3.76. The van der Waals surface area contributed by atoms with Crippen molar-refractivity contribution in [1.82, 2.24) is 15.3 Å². The fourth-order valence-corrected chi connectivity index (χ4v) is 4.32. The maximum absolute atomic E-state index is 8.66. The Labute approximate surface area is 191 Å². The maximum Gasteiger partial charge on any atom is 0.228 e. The smallest absolute Gasteiger partial charge is 0.228 e. The monoisotopic (exact) mass is 484 g/mol. The number of para-hydroxylation sites is 1. The Morgan fingerprint density at radius 2 is 1.94 bits per heavy atom. The van der Waals surface area contributed by atoms with Crippen LogP contribution in [0.5, 0.6) is 5.88 Å². The van der Waals surface area contributed by atoms with Crippen LogP contribution in [0.1, 0.15) is 18.4 Å². The molecule has 2 aliphatic rings. The zero-order chi connectivity index (χ0) is 21.6. The lowest BCUT2D eigenvalue weighted by atomic mass is 10.00. The number of rotatable bonds is 4. The third kappa shape index (κ3) is 5.73. The summed E-state index contributed by atoms with van der Waals surface area (Å²) in [4.78, 5) is 11.3. The predicted molar refractivity (Wildman–Crippen MR) is 128 cm³/mol. The number of aliphatic hydroxyl groups is 1. The van der Waals surface area contributed by atoms with Crippen molar-refractivity contribution >= 4 is 32.7 Å². The van der Waals surface area contributed by atoms with E-state index in [1.54, 1.807) is 0 Å². The summed E-state index contributed by atoms with van der Waals surface area (Å²) in [6.45, 7) is 6.22. The van der Waals surface area contributed by atoms with Gasteiger partial charge in [-0.1, -0.05) is 18.2 Å². The SMILES string of the molecule is Cc1cnc(OC2CN(c3ccc4ccccc4n3)C2)c(Br)c1.OCC1CCNCC1. The summed E-state index contributed by atoms with van der Waals surface area (Å²) < 4.78 is 6.85. The van der Waals surface area contributed by atoms with Crippen LogP contribution in [-0.4, -0.2) is 54.0 Å². The Bertz CT molecular complexity index is 1000. The molecule has 2 N–H and O–H groups in total. The van der Waals surface area contributed by atoms with Crippen molar-refractivity contribution < 1.29 is 9.84 Å². The number of pyridine rings is 2. The van der Waals surface area contributed by atoms with E-state index in [0.717, 1.165) is 65.8 Å². The maximum atomic E-state index is 8.66. The van der Waals surface area contributed by atoms with Gasteiger partial charge in [0.15, 0.2) is 0 Å². The number of aromatic nitrogens is 2. The summed E-state index contributed by atoms with van der Waals surface area (Å²) in [6, 6.07) is 14.4. The third-order valence-corrected chi connectivity index (χ3v) is 6.26. The lowest BCUT2D eigenvalue weighted by Crippen LogP contribution is -2.54. The molecule has 164 valence electrons. The number of ether oxygens (including phenoxy) is 1. The lowest BCUT2D eigenvalue weighted by Gasteiger charge is -2.39. The van der Waals surface area contributed by atoms with E-state index in [0.29, 0.717) is 18.4 Å². The molecular weight excluding hydrogens is 456 g/mol. The molecule has 2 aliphatic heterocycles. The predicted octanol–water partition coefficient (Wildman–Crippen LogP) is 3.95. The molecule has 7 heteroatoms. The van der Waals surface area contributed by atoms with Crippen molar-refractivity contribution in [2.45, 2.75) is 25.9 Å². The fraction of sp³-hybridized carbons (Fsp3) is 0.417. The van der Waals surface area contributed by atoms with Gasteiger partial charge in [-0.25, -0.2) is 9.97 Å². The van der Waals surface area contributed by atoms with Gasteiger partial charge in [-0.2, -0.15) is 0 Å². The molecule has 6 nitrogen and oxygen atoms in total. The molecule has 3 aromatic rings. The zero-order valence-electron chi connectivity index (χ0n) is 17.8. The van der Waals surface area contributed by atoms with Crippen LogP contribution in [-0.2, 0) is 0 Å². The van der Waals surface area contributed by atoms with Gasteiger partial charge < -0.3 is 20.1 Å². The normalized spacial score (nSPS) is 17.1. The first-order chi connectivity index (χ1) is 15.1. The van der Waals surface area contributed by atoms with Crippen molar-refractivity contribution in [2.75, 3.05) is 37.7 Å². The third-order valence-electron chi connectivity index (χ3n) is 5.70. The number of hydrogen-bond donors (Lipinski definition) is 2. The topological polar surface area (TPSA) is 70.5 Å². The number of halogens is 1.